The molecule has 0 saturated heterocycles. The van der Waals surface area contributed by atoms with E-state index in [1.54, 1.807) is 0 Å². The van der Waals surface area contributed by atoms with Crippen molar-refractivity contribution in [2.45, 2.75) is 6.42 Å². The van der Waals surface area contributed by atoms with Crippen molar-refractivity contribution < 1.29 is 14.6 Å². The third-order valence-electron chi connectivity index (χ3n) is 2.17. The molecule has 0 heterocycles. The summed E-state index contributed by atoms with van der Waals surface area (Å²) in [6, 6.07) is 9.78. The topological polar surface area (TPSA) is 50.7 Å². The molecule has 96 valence electrons. The summed E-state index contributed by atoms with van der Waals surface area (Å²) in [6.07, 6.45) is 0.950. The first kappa shape index (κ1) is 14.0. The molecule has 0 unspecified atom stereocenters. The largest absolute Gasteiger partial charge is 0.492 e. The zero-order chi connectivity index (χ0) is 12.2. The van der Waals surface area contributed by atoms with Crippen molar-refractivity contribution in [1.29, 1.82) is 0 Å². The minimum atomic E-state index is 0.0956. The van der Waals surface area contributed by atoms with Gasteiger partial charge in [0.1, 0.15) is 12.4 Å². The van der Waals surface area contributed by atoms with Crippen LogP contribution >= 0.6 is 0 Å². The lowest BCUT2D eigenvalue weighted by Gasteiger charge is -2.07. The van der Waals surface area contributed by atoms with Gasteiger partial charge in [-0.25, -0.2) is 0 Å². The molecule has 0 bridgehead atoms. The van der Waals surface area contributed by atoms with Crippen molar-refractivity contribution >= 4 is 0 Å². The molecule has 0 amide bonds. The molecule has 0 saturated carbocycles. The average molecular weight is 239 g/mol. The molecule has 0 aromatic heterocycles. The molecular formula is C13H21NO3. The maximum atomic E-state index is 8.49. The van der Waals surface area contributed by atoms with Crippen molar-refractivity contribution in [3.63, 3.8) is 0 Å². The summed E-state index contributed by atoms with van der Waals surface area (Å²) in [5.74, 6) is 0.903. The highest BCUT2D eigenvalue weighted by Gasteiger charge is 1.92. The number of para-hydroxylation sites is 1. The van der Waals surface area contributed by atoms with E-state index in [-0.39, 0.29) is 6.61 Å². The summed E-state index contributed by atoms with van der Waals surface area (Å²) in [5.41, 5.74) is 0. The molecule has 0 fully saturated rings. The molecule has 0 aliphatic heterocycles. The molecule has 0 aliphatic rings. The van der Waals surface area contributed by atoms with E-state index in [2.05, 4.69) is 5.32 Å². The van der Waals surface area contributed by atoms with Crippen LogP contribution in [-0.4, -0.2) is 44.6 Å². The van der Waals surface area contributed by atoms with Crippen LogP contribution < -0.4 is 10.1 Å². The minimum Gasteiger partial charge on any atom is -0.492 e. The lowest BCUT2D eigenvalue weighted by atomic mass is 10.3. The molecular weight excluding hydrogens is 218 g/mol. The van der Waals surface area contributed by atoms with Crippen molar-refractivity contribution in [1.82, 2.24) is 5.32 Å². The first-order chi connectivity index (χ1) is 8.43. The van der Waals surface area contributed by atoms with Gasteiger partial charge >= 0.3 is 0 Å². The van der Waals surface area contributed by atoms with Gasteiger partial charge in [0.15, 0.2) is 0 Å². The van der Waals surface area contributed by atoms with E-state index in [0.717, 1.165) is 25.3 Å². The fraction of sp³-hybridized carbons (Fsp3) is 0.538. The van der Waals surface area contributed by atoms with Crippen LogP contribution in [0.1, 0.15) is 6.42 Å². The van der Waals surface area contributed by atoms with Gasteiger partial charge in [0.25, 0.3) is 0 Å². The van der Waals surface area contributed by atoms with E-state index < -0.39 is 0 Å². The standard InChI is InChI=1S/C13H21NO3/c15-9-12-16-10-4-7-14-8-11-17-13-5-2-1-3-6-13/h1-3,5-6,14-15H,4,7-12H2. The molecule has 4 heteroatoms. The molecule has 0 atom stereocenters. The molecule has 0 radical (unpaired) electrons. The number of ether oxygens (including phenoxy) is 2. The van der Waals surface area contributed by atoms with Gasteiger partial charge in [0.05, 0.1) is 13.2 Å². The second-order valence-corrected chi connectivity index (χ2v) is 3.60. The Kier molecular flexibility index (Phi) is 8.28. The lowest BCUT2D eigenvalue weighted by molar-refractivity contribution is 0.0906. The third-order valence-corrected chi connectivity index (χ3v) is 2.17. The van der Waals surface area contributed by atoms with E-state index in [4.69, 9.17) is 14.6 Å². The highest BCUT2D eigenvalue weighted by molar-refractivity contribution is 5.20. The van der Waals surface area contributed by atoms with E-state index in [1.807, 2.05) is 30.3 Å². The molecule has 0 spiro atoms. The molecule has 4 nitrogen and oxygen atoms in total. The summed E-state index contributed by atoms with van der Waals surface area (Å²) in [5, 5.41) is 11.8. The van der Waals surface area contributed by atoms with Crippen LogP contribution in [0.2, 0.25) is 0 Å². The summed E-state index contributed by atoms with van der Waals surface area (Å²) in [4.78, 5) is 0. The number of aliphatic hydroxyl groups is 1. The SMILES string of the molecule is OCCOCCCNCCOc1ccccc1. The molecule has 2 N–H and O–H groups in total. The van der Waals surface area contributed by atoms with Gasteiger partial charge in [-0.1, -0.05) is 18.2 Å². The van der Waals surface area contributed by atoms with Gasteiger partial charge < -0.3 is 19.9 Å². The highest BCUT2D eigenvalue weighted by Crippen LogP contribution is 2.07. The van der Waals surface area contributed by atoms with Crippen molar-refractivity contribution in [3.05, 3.63) is 30.3 Å². The Bertz CT molecular complexity index is 267. The van der Waals surface area contributed by atoms with Crippen LogP contribution in [0.4, 0.5) is 0 Å². The lowest BCUT2D eigenvalue weighted by Crippen LogP contribution is -2.23. The summed E-state index contributed by atoms with van der Waals surface area (Å²) >= 11 is 0. The van der Waals surface area contributed by atoms with E-state index in [9.17, 15) is 0 Å². The molecule has 1 rings (SSSR count). The fourth-order valence-electron chi connectivity index (χ4n) is 1.35. The van der Waals surface area contributed by atoms with Gasteiger partial charge in [-0.3, -0.25) is 0 Å². The third kappa shape index (κ3) is 7.74. The Morgan fingerprint density at radius 1 is 1.00 bits per heavy atom. The number of hydrogen-bond acceptors (Lipinski definition) is 4. The Balaban J connectivity index is 1.85. The molecule has 1 aromatic carbocycles. The van der Waals surface area contributed by atoms with Crippen molar-refractivity contribution in [2.24, 2.45) is 0 Å². The quantitative estimate of drug-likeness (QED) is 0.599. The zero-order valence-corrected chi connectivity index (χ0v) is 10.1. The Hall–Kier alpha value is -1.10. The molecule has 0 aliphatic carbocycles. The first-order valence-electron chi connectivity index (χ1n) is 6.00. The summed E-state index contributed by atoms with van der Waals surface area (Å²) < 4.78 is 10.7. The minimum absolute atomic E-state index is 0.0956. The number of nitrogens with one attached hydrogen (secondary N) is 1. The smallest absolute Gasteiger partial charge is 0.119 e. The normalized spacial score (nSPS) is 10.4. The maximum Gasteiger partial charge on any atom is 0.119 e. The number of rotatable bonds is 10. The Morgan fingerprint density at radius 3 is 2.59 bits per heavy atom. The average Bonchev–Trinajstić information content (AvgIpc) is 2.38. The van der Waals surface area contributed by atoms with E-state index >= 15 is 0 Å². The van der Waals surface area contributed by atoms with Gasteiger partial charge in [0.2, 0.25) is 0 Å². The van der Waals surface area contributed by atoms with Gasteiger partial charge in [-0.2, -0.15) is 0 Å². The van der Waals surface area contributed by atoms with Gasteiger partial charge in [0, 0.05) is 13.2 Å². The van der Waals surface area contributed by atoms with Gasteiger partial charge in [-0.15, -0.1) is 0 Å². The number of aliphatic hydroxyl groups excluding tert-OH is 1. The van der Waals surface area contributed by atoms with Crippen LogP contribution in [0.15, 0.2) is 30.3 Å². The molecule has 17 heavy (non-hydrogen) atoms. The summed E-state index contributed by atoms with van der Waals surface area (Å²) in [7, 11) is 0. The first-order valence-corrected chi connectivity index (χ1v) is 6.00. The number of hydrogen-bond donors (Lipinski definition) is 2. The zero-order valence-electron chi connectivity index (χ0n) is 10.1. The fourth-order valence-corrected chi connectivity index (χ4v) is 1.35. The Labute approximate surface area is 103 Å². The second-order valence-electron chi connectivity index (χ2n) is 3.60. The number of benzene rings is 1. The second kappa shape index (κ2) is 10.1. The van der Waals surface area contributed by atoms with Crippen molar-refractivity contribution in [3.8, 4) is 5.75 Å². The van der Waals surface area contributed by atoms with Crippen molar-refractivity contribution in [2.75, 3.05) is 39.5 Å². The van der Waals surface area contributed by atoms with E-state index in [1.165, 1.54) is 0 Å². The highest BCUT2D eigenvalue weighted by atomic mass is 16.5. The predicted octanol–water partition coefficient (Wildman–Crippen LogP) is 1.05. The summed E-state index contributed by atoms with van der Waals surface area (Å²) in [6.45, 7) is 3.61. The molecule has 1 aromatic rings. The predicted molar refractivity (Wildman–Crippen MR) is 67.3 cm³/mol. The van der Waals surface area contributed by atoms with Crippen LogP contribution in [0.25, 0.3) is 0 Å². The van der Waals surface area contributed by atoms with E-state index in [0.29, 0.717) is 19.8 Å². The van der Waals surface area contributed by atoms with Gasteiger partial charge in [-0.05, 0) is 25.1 Å². The van der Waals surface area contributed by atoms with Crippen LogP contribution in [0.5, 0.6) is 5.75 Å². The van der Waals surface area contributed by atoms with Crippen LogP contribution in [0.3, 0.4) is 0 Å². The Morgan fingerprint density at radius 2 is 1.82 bits per heavy atom. The van der Waals surface area contributed by atoms with Crippen LogP contribution in [-0.2, 0) is 4.74 Å². The maximum absolute atomic E-state index is 8.49. The van der Waals surface area contributed by atoms with Crippen LogP contribution in [0, 0.1) is 0 Å². The monoisotopic (exact) mass is 239 g/mol.